The van der Waals surface area contributed by atoms with Crippen molar-refractivity contribution in [3.8, 4) is 0 Å². The van der Waals surface area contributed by atoms with Crippen molar-refractivity contribution in [1.82, 2.24) is 0 Å². The van der Waals surface area contributed by atoms with E-state index in [-0.39, 0.29) is 16.8 Å². The van der Waals surface area contributed by atoms with Gasteiger partial charge < -0.3 is 9.84 Å². The highest BCUT2D eigenvalue weighted by Gasteiger charge is 2.61. The van der Waals surface area contributed by atoms with Gasteiger partial charge in [-0.05, 0) is 117 Å². The second-order valence-electron chi connectivity index (χ2n) is 12.6. The molecule has 0 amide bonds. The first-order valence-corrected chi connectivity index (χ1v) is 12.7. The average Bonchev–Trinajstić information content (AvgIpc) is 3.12. The third-order valence-corrected chi connectivity index (χ3v) is 10.8. The van der Waals surface area contributed by atoms with Crippen LogP contribution < -0.4 is 0 Å². The van der Waals surface area contributed by atoms with Gasteiger partial charge in [-0.25, -0.2) is 0 Å². The van der Waals surface area contributed by atoms with Crippen molar-refractivity contribution in [1.29, 1.82) is 0 Å². The van der Waals surface area contributed by atoms with Gasteiger partial charge in [0.1, 0.15) is 0 Å². The third-order valence-electron chi connectivity index (χ3n) is 10.8. The van der Waals surface area contributed by atoms with E-state index in [4.69, 9.17) is 4.74 Å². The SMILES string of the molecule is C[C@H](CCC1OC1(C)C)[C@H]1CC[C@H]2[C@@H]3CC(O)C4=CC(=O)CC[C@]4(C)[C@H]3CC[C@]12C. The minimum absolute atomic E-state index is 0.0379. The van der Waals surface area contributed by atoms with E-state index in [0.29, 0.717) is 29.8 Å². The molecule has 4 aliphatic carbocycles. The topological polar surface area (TPSA) is 49.8 Å². The fourth-order valence-corrected chi connectivity index (χ4v) is 8.94. The van der Waals surface area contributed by atoms with Crippen LogP contribution in [0.5, 0.6) is 0 Å². The molecule has 168 valence electrons. The lowest BCUT2D eigenvalue weighted by Gasteiger charge is -2.59. The summed E-state index contributed by atoms with van der Waals surface area (Å²) in [4.78, 5) is 12.1. The van der Waals surface area contributed by atoms with E-state index in [1.807, 2.05) is 6.08 Å². The molecule has 1 N–H and O–H groups in total. The molecular formula is C27H42O3. The van der Waals surface area contributed by atoms with Crippen LogP contribution >= 0.6 is 0 Å². The van der Waals surface area contributed by atoms with E-state index >= 15 is 0 Å². The highest BCUT2D eigenvalue weighted by Crippen LogP contribution is 2.67. The first-order chi connectivity index (χ1) is 14.1. The van der Waals surface area contributed by atoms with Gasteiger partial charge in [-0.3, -0.25) is 4.79 Å². The van der Waals surface area contributed by atoms with Gasteiger partial charge >= 0.3 is 0 Å². The Morgan fingerprint density at radius 1 is 1.13 bits per heavy atom. The van der Waals surface area contributed by atoms with Gasteiger partial charge in [0.05, 0.1) is 17.8 Å². The Kier molecular flexibility index (Phi) is 4.88. The van der Waals surface area contributed by atoms with E-state index in [1.165, 1.54) is 38.5 Å². The van der Waals surface area contributed by atoms with Crippen LogP contribution in [-0.2, 0) is 9.53 Å². The summed E-state index contributed by atoms with van der Waals surface area (Å²) in [5.74, 6) is 3.79. The van der Waals surface area contributed by atoms with Gasteiger partial charge in [-0.15, -0.1) is 0 Å². The van der Waals surface area contributed by atoms with Crippen LogP contribution in [0.1, 0.15) is 92.4 Å². The largest absolute Gasteiger partial charge is 0.389 e. The predicted molar refractivity (Wildman–Crippen MR) is 119 cm³/mol. The lowest BCUT2D eigenvalue weighted by Crippen LogP contribution is -2.54. The fraction of sp³-hybridized carbons (Fsp3) is 0.889. The molecule has 3 saturated carbocycles. The molecule has 0 bridgehead atoms. The van der Waals surface area contributed by atoms with Gasteiger partial charge in [-0.2, -0.15) is 0 Å². The minimum Gasteiger partial charge on any atom is -0.389 e. The normalized spacial score (nSPS) is 50.2. The summed E-state index contributed by atoms with van der Waals surface area (Å²) in [6, 6.07) is 0. The van der Waals surface area contributed by atoms with Crippen LogP contribution in [0.2, 0.25) is 0 Å². The number of epoxide rings is 1. The number of ketones is 1. The molecule has 0 aromatic carbocycles. The van der Waals surface area contributed by atoms with Crippen LogP contribution in [0.15, 0.2) is 11.6 Å². The van der Waals surface area contributed by atoms with E-state index < -0.39 is 6.10 Å². The summed E-state index contributed by atoms with van der Waals surface area (Å²) in [6.07, 6.45) is 12.1. The average molecular weight is 415 g/mol. The molecule has 0 aromatic heterocycles. The maximum Gasteiger partial charge on any atom is 0.155 e. The first kappa shape index (κ1) is 21.2. The number of hydrogen-bond donors (Lipinski definition) is 1. The van der Waals surface area contributed by atoms with Crippen molar-refractivity contribution >= 4 is 5.78 Å². The summed E-state index contributed by atoms with van der Waals surface area (Å²) in [5, 5.41) is 11.1. The lowest BCUT2D eigenvalue weighted by atomic mass is 9.46. The summed E-state index contributed by atoms with van der Waals surface area (Å²) in [5.41, 5.74) is 1.64. The molecule has 3 heteroatoms. The lowest BCUT2D eigenvalue weighted by molar-refractivity contribution is -0.119. The molecular weight excluding hydrogens is 372 g/mol. The number of carbonyl (C=O) groups excluding carboxylic acids is 1. The first-order valence-electron chi connectivity index (χ1n) is 12.7. The molecule has 0 radical (unpaired) electrons. The van der Waals surface area contributed by atoms with E-state index in [1.54, 1.807) is 0 Å². The maximum absolute atomic E-state index is 12.1. The molecule has 0 spiro atoms. The number of aliphatic hydroxyl groups excluding tert-OH is 1. The van der Waals surface area contributed by atoms with Crippen molar-refractivity contribution in [3.63, 3.8) is 0 Å². The van der Waals surface area contributed by atoms with Crippen LogP contribution in [0.25, 0.3) is 0 Å². The number of aliphatic hydroxyl groups is 1. The molecule has 1 heterocycles. The number of fused-ring (bicyclic) bond motifs is 5. The van der Waals surface area contributed by atoms with E-state index in [2.05, 4.69) is 34.6 Å². The molecule has 2 unspecified atom stereocenters. The summed E-state index contributed by atoms with van der Waals surface area (Å²) < 4.78 is 5.84. The number of hydrogen-bond acceptors (Lipinski definition) is 3. The Morgan fingerprint density at radius 2 is 1.87 bits per heavy atom. The molecule has 0 aromatic rings. The van der Waals surface area contributed by atoms with Crippen molar-refractivity contribution in [2.45, 2.75) is 110 Å². The van der Waals surface area contributed by atoms with Crippen molar-refractivity contribution in [2.75, 3.05) is 0 Å². The molecule has 5 aliphatic rings. The Hall–Kier alpha value is -0.670. The molecule has 4 fully saturated rings. The highest BCUT2D eigenvalue weighted by molar-refractivity contribution is 5.91. The highest BCUT2D eigenvalue weighted by atomic mass is 16.6. The number of ether oxygens (including phenoxy) is 1. The fourth-order valence-electron chi connectivity index (χ4n) is 8.94. The van der Waals surface area contributed by atoms with Crippen molar-refractivity contribution < 1.29 is 14.6 Å². The molecule has 9 atom stereocenters. The van der Waals surface area contributed by atoms with Gasteiger partial charge in [-0.1, -0.05) is 20.8 Å². The Labute approximate surface area is 183 Å². The van der Waals surface area contributed by atoms with Gasteiger partial charge in [0.2, 0.25) is 0 Å². The Balaban J connectivity index is 1.33. The van der Waals surface area contributed by atoms with Crippen LogP contribution in [-0.4, -0.2) is 28.7 Å². The Bertz CT molecular complexity index is 753. The van der Waals surface area contributed by atoms with Gasteiger partial charge in [0, 0.05) is 6.42 Å². The van der Waals surface area contributed by atoms with Crippen molar-refractivity contribution in [2.24, 2.45) is 40.4 Å². The quantitative estimate of drug-likeness (QED) is 0.600. The zero-order chi connectivity index (χ0) is 21.5. The number of carbonyl (C=O) groups is 1. The van der Waals surface area contributed by atoms with Gasteiger partial charge in [0.25, 0.3) is 0 Å². The molecule has 5 rings (SSSR count). The predicted octanol–water partition coefficient (Wildman–Crippen LogP) is 5.70. The van der Waals surface area contributed by atoms with Gasteiger partial charge in [0.15, 0.2) is 5.78 Å². The molecule has 3 nitrogen and oxygen atoms in total. The molecule has 1 saturated heterocycles. The molecule has 1 aliphatic heterocycles. The monoisotopic (exact) mass is 414 g/mol. The van der Waals surface area contributed by atoms with Crippen LogP contribution in [0, 0.1) is 40.4 Å². The maximum atomic E-state index is 12.1. The minimum atomic E-state index is -0.409. The molecule has 30 heavy (non-hydrogen) atoms. The number of rotatable bonds is 4. The Morgan fingerprint density at radius 3 is 2.57 bits per heavy atom. The van der Waals surface area contributed by atoms with Crippen molar-refractivity contribution in [3.05, 3.63) is 11.6 Å². The second-order valence-corrected chi connectivity index (χ2v) is 12.6. The standard InChI is InChI=1S/C27H42O3/c1-16(6-9-24-25(2,3)30-24)19-7-8-20-18-15-23(29)22-14-17(28)10-12-27(22,5)21(18)11-13-26(19,20)4/h14,16,18-21,23-24,29H,6-13,15H2,1-5H3/t16-,18+,19-,20+,21+,23?,24?,26-,27-/m1/s1. The van der Waals surface area contributed by atoms with E-state index in [0.717, 1.165) is 36.2 Å². The zero-order valence-electron chi connectivity index (χ0n) is 19.7. The second kappa shape index (κ2) is 6.91. The summed E-state index contributed by atoms with van der Waals surface area (Å²) in [6.45, 7) is 11.9. The van der Waals surface area contributed by atoms with Crippen LogP contribution in [0.3, 0.4) is 0 Å². The summed E-state index contributed by atoms with van der Waals surface area (Å²) >= 11 is 0. The van der Waals surface area contributed by atoms with Crippen LogP contribution in [0.4, 0.5) is 0 Å². The van der Waals surface area contributed by atoms with E-state index in [9.17, 15) is 9.90 Å². The third kappa shape index (κ3) is 3.09. The smallest absolute Gasteiger partial charge is 0.155 e. The summed E-state index contributed by atoms with van der Waals surface area (Å²) in [7, 11) is 0. The zero-order valence-corrected chi connectivity index (χ0v) is 19.7.